The number of piperazine rings is 1. The molecule has 32 heavy (non-hydrogen) atoms. The first-order chi connectivity index (χ1) is 15.1. The van der Waals surface area contributed by atoms with Gasteiger partial charge in [-0.1, -0.05) is 54.1 Å². The molecule has 1 aliphatic heterocycles. The van der Waals surface area contributed by atoms with Crippen molar-refractivity contribution in [3.63, 3.8) is 0 Å². The fourth-order valence-electron chi connectivity index (χ4n) is 3.70. The lowest BCUT2D eigenvalue weighted by molar-refractivity contribution is -0.145. The molecule has 0 atom stereocenters. The summed E-state index contributed by atoms with van der Waals surface area (Å²) in [5, 5.41) is 3.56. The van der Waals surface area contributed by atoms with E-state index in [1.807, 2.05) is 18.2 Å². The standard InChI is InChI=1S/C21H25ClF3IN4O2/c1-13(2)19-18(22)20(21(23,24)25)30(27-19)12-17(31)29-8-6-28(7-9-29)15-5-4-14(11-26)16(10-15)32-3/h4-5,10,13H,6-9,11-12H2,1-3H3. The zero-order chi connectivity index (χ0) is 23.6. The van der Waals surface area contributed by atoms with Gasteiger partial charge in [-0.2, -0.15) is 18.3 Å². The van der Waals surface area contributed by atoms with Crippen LogP contribution < -0.4 is 9.64 Å². The molecule has 11 heteroatoms. The van der Waals surface area contributed by atoms with Crippen LogP contribution in [0, 0.1) is 0 Å². The predicted molar refractivity (Wildman–Crippen MR) is 126 cm³/mol. The van der Waals surface area contributed by atoms with Crippen LogP contribution in [0.4, 0.5) is 18.9 Å². The van der Waals surface area contributed by atoms with E-state index < -0.39 is 29.3 Å². The summed E-state index contributed by atoms with van der Waals surface area (Å²) in [6.07, 6.45) is -4.70. The Labute approximate surface area is 203 Å². The molecule has 0 radical (unpaired) electrons. The Hall–Kier alpha value is -1.69. The van der Waals surface area contributed by atoms with Crippen molar-refractivity contribution < 1.29 is 22.7 Å². The van der Waals surface area contributed by atoms with Crippen molar-refractivity contribution in [3.05, 3.63) is 40.2 Å². The smallest absolute Gasteiger partial charge is 0.434 e. The van der Waals surface area contributed by atoms with Gasteiger partial charge in [-0.05, 0) is 12.0 Å². The predicted octanol–water partition coefficient (Wildman–Crippen LogP) is 4.97. The molecule has 1 saturated heterocycles. The van der Waals surface area contributed by atoms with Gasteiger partial charge in [-0.25, -0.2) is 4.68 Å². The summed E-state index contributed by atoms with van der Waals surface area (Å²) in [5.41, 5.74) is 1.16. The number of anilines is 1. The van der Waals surface area contributed by atoms with Crippen LogP contribution in [0.15, 0.2) is 18.2 Å². The first-order valence-electron chi connectivity index (χ1n) is 10.2. The van der Waals surface area contributed by atoms with E-state index in [2.05, 4.69) is 32.6 Å². The van der Waals surface area contributed by atoms with Crippen molar-refractivity contribution in [1.29, 1.82) is 0 Å². The number of halogens is 5. The van der Waals surface area contributed by atoms with E-state index in [-0.39, 0.29) is 11.6 Å². The molecule has 1 aliphatic rings. The molecule has 2 heterocycles. The fraction of sp³-hybridized carbons (Fsp3) is 0.524. The van der Waals surface area contributed by atoms with Gasteiger partial charge in [-0.3, -0.25) is 4.79 Å². The number of rotatable bonds is 6. The average molecular weight is 585 g/mol. The summed E-state index contributed by atoms with van der Waals surface area (Å²) in [4.78, 5) is 16.5. The number of aromatic nitrogens is 2. The Kier molecular flexibility index (Phi) is 7.85. The molecule has 0 N–H and O–H groups in total. The zero-order valence-corrected chi connectivity index (χ0v) is 21.0. The van der Waals surface area contributed by atoms with Crippen LogP contribution in [-0.4, -0.2) is 53.9 Å². The van der Waals surface area contributed by atoms with E-state index in [0.29, 0.717) is 30.9 Å². The van der Waals surface area contributed by atoms with E-state index in [4.69, 9.17) is 16.3 Å². The maximum absolute atomic E-state index is 13.5. The molecule has 3 rings (SSSR count). The van der Waals surface area contributed by atoms with Crippen LogP contribution in [0.5, 0.6) is 5.75 Å². The van der Waals surface area contributed by atoms with Gasteiger partial charge in [0.1, 0.15) is 12.3 Å². The molecule has 0 bridgehead atoms. The van der Waals surface area contributed by atoms with Gasteiger partial charge in [0.05, 0.1) is 17.8 Å². The molecular formula is C21H25ClF3IN4O2. The maximum atomic E-state index is 13.5. The van der Waals surface area contributed by atoms with Crippen molar-refractivity contribution in [3.8, 4) is 5.75 Å². The summed E-state index contributed by atoms with van der Waals surface area (Å²) in [7, 11) is 1.63. The lowest BCUT2D eigenvalue weighted by Gasteiger charge is -2.36. The number of amides is 1. The second-order valence-electron chi connectivity index (χ2n) is 7.86. The topological polar surface area (TPSA) is 50.6 Å². The summed E-state index contributed by atoms with van der Waals surface area (Å²) in [6.45, 7) is 4.87. The summed E-state index contributed by atoms with van der Waals surface area (Å²) < 4.78 is 47.6. The minimum Gasteiger partial charge on any atom is -0.496 e. The van der Waals surface area contributed by atoms with Gasteiger partial charge in [0.2, 0.25) is 5.91 Å². The highest BCUT2D eigenvalue weighted by Crippen LogP contribution is 2.38. The molecular weight excluding hydrogens is 560 g/mol. The molecule has 1 aromatic heterocycles. The van der Waals surface area contributed by atoms with Crippen LogP contribution in [0.2, 0.25) is 5.02 Å². The Balaban J connectivity index is 1.70. The molecule has 2 aromatic rings. The summed E-state index contributed by atoms with van der Waals surface area (Å²) in [5.74, 6) is 0.105. The number of carbonyl (C=O) groups is 1. The van der Waals surface area contributed by atoms with Crippen LogP contribution in [-0.2, 0) is 21.9 Å². The maximum Gasteiger partial charge on any atom is 0.434 e. The van der Waals surface area contributed by atoms with Gasteiger partial charge < -0.3 is 14.5 Å². The first-order valence-corrected chi connectivity index (χ1v) is 12.1. The van der Waals surface area contributed by atoms with Crippen LogP contribution in [0.3, 0.4) is 0 Å². The molecule has 1 aromatic carbocycles. The molecule has 0 unspecified atom stereocenters. The van der Waals surface area contributed by atoms with E-state index in [9.17, 15) is 18.0 Å². The normalized spacial score (nSPS) is 14.9. The third kappa shape index (κ3) is 5.27. The highest BCUT2D eigenvalue weighted by molar-refractivity contribution is 14.1. The van der Waals surface area contributed by atoms with Crippen LogP contribution >= 0.6 is 34.2 Å². The quantitative estimate of drug-likeness (QED) is 0.356. The van der Waals surface area contributed by atoms with Gasteiger partial charge >= 0.3 is 6.18 Å². The molecule has 0 spiro atoms. The SMILES string of the molecule is COc1cc(N2CCN(C(=O)Cn3nc(C(C)C)c(Cl)c3C(F)(F)F)CC2)ccc1CI. The lowest BCUT2D eigenvalue weighted by Crippen LogP contribution is -2.49. The Bertz CT molecular complexity index is 973. The van der Waals surface area contributed by atoms with Crippen LogP contribution in [0.1, 0.15) is 36.7 Å². The third-order valence-electron chi connectivity index (χ3n) is 5.43. The van der Waals surface area contributed by atoms with E-state index in [1.165, 1.54) is 0 Å². The van der Waals surface area contributed by atoms with Gasteiger partial charge in [0.15, 0.2) is 5.69 Å². The molecule has 0 aliphatic carbocycles. The number of carbonyl (C=O) groups excluding carboxylic acids is 1. The zero-order valence-electron chi connectivity index (χ0n) is 18.0. The fourth-order valence-corrected chi connectivity index (χ4v) is 4.79. The second-order valence-corrected chi connectivity index (χ2v) is 9.00. The van der Waals surface area contributed by atoms with E-state index in [0.717, 1.165) is 21.4 Å². The van der Waals surface area contributed by atoms with Crippen molar-refractivity contribution >= 4 is 45.8 Å². The summed E-state index contributed by atoms with van der Waals surface area (Å²) in [6, 6.07) is 6.01. The molecule has 1 amide bonds. The molecule has 6 nitrogen and oxygen atoms in total. The number of alkyl halides is 4. The highest BCUT2D eigenvalue weighted by atomic mass is 127. The lowest BCUT2D eigenvalue weighted by atomic mass is 10.1. The van der Waals surface area contributed by atoms with Crippen LogP contribution in [0.25, 0.3) is 0 Å². The van der Waals surface area contributed by atoms with E-state index >= 15 is 0 Å². The van der Waals surface area contributed by atoms with Gasteiger partial charge in [-0.15, -0.1) is 0 Å². The van der Waals surface area contributed by atoms with Gasteiger partial charge in [0, 0.05) is 47.9 Å². The Morgan fingerprint density at radius 2 is 1.91 bits per heavy atom. The second kappa shape index (κ2) is 10.1. The summed E-state index contributed by atoms with van der Waals surface area (Å²) >= 11 is 8.24. The van der Waals surface area contributed by atoms with Crippen molar-refractivity contribution in [2.24, 2.45) is 0 Å². The van der Waals surface area contributed by atoms with Crippen molar-refractivity contribution in [2.75, 3.05) is 38.2 Å². The minimum absolute atomic E-state index is 0.139. The number of nitrogens with zero attached hydrogens (tertiary/aromatic N) is 4. The monoisotopic (exact) mass is 584 g/mol. The highest BCUT2D eigenvalue weighted by Gasteiger charge is 2.40. The molecule has 1 fully saturated rings. The Morgan fingerprint density at radius 1 is 1.25 bits per heavy atom. The number of ether oxygens (including phenoxy) is 1. The number of hydrogen-bond acceptors (Lipinski definition) is 4. The average Bonchev–Trinajstić information content (AvgIpc) is 3.09. The minimum atomic E-state index is -4.70. The Morgan fingerprint density at radius 3 is 2.44 bits per heavy atom. The largest absolute Gasteiger partial charge is 0.496 e. The number of methoxy groups -OCH3 is 1. The van der Waals surface area contributed by atoms with Crippen molar-refractivity contribution in [2.45, 2.75) is 36.9 Å². The first kappa shape index (κ1) is 24.9. The van der Waals surface area contributed by atoms with E-state index in [1.54, 1.807) is 25.9 Å². The number of hydrogen-bond donors (Lipinski definition) is 0. The molecule has 176 valence electrons. The van der Waals surface area contributed by atoms with Crippen molar-refractivity contribution in [1.82, 2.24) is 14.7 Å². The van der Waals surface area contributed by atoms with Gasteiger partial charge in [0.25, 0.3) is 0 Å². The molecule has 0 saturated carbocycles. The third-order valence-corrected chi connectivity index (χ3v) is 6.63. The number of benzene rings is 1.